The van der Waals surface area contributed by atoms with Crippen LogP contribution in [0, 0.1) is 0 Å². The summed E-state index contributed by atoms with van der Waals surface area (Å²) in [5, 5.41) is 0.0661. The Labute approximate surface area is 170 Å². The molecule has 2 aromatic rings. The van der Waals surface area contributed by atoms with E-state index in [1.54, 1.807) is 16.7 Å². The number of ether oxygens (including phenoxy) is 1. The molecule has 0 spiro atoms. The minimum Gasteiger partial charge on any atom is -0.481 e. The van der Waals surface area contributed by atoms with Crippen LogP contribution in [-0.2, 0) is 17.2 Å². The van der Waals surface area contributed by atoms with E-state index in [0.29, 0.717) is 18.2 Å². The first-order chi connectivity index (χ1) is 13.3. The van der Waals surface area contributed by atoms with Crippen LogP contribution >= 0.6 is 0 Å². The second kappa shape index (κ2) is 7.43. The molecule has 160 valence electrons. The van der Waals surface area contributed by atoms with Crippen molar-refractivity contribution in [1.29, 1.82) is 0 Å². The summed E-state index contributed by atoms with van der Waals surface area (Å²) >= 11 is 0. The lowest BCUT2D eigenvalue weighted by atomic mass is 10.2. The first kappa shape index (κ1) is 21.8. The Balaban J connectivity index is 1.91. The molecule has 0 aliphatic heterocycles. The Bertz CT molecular complexity index is 884. The van der Waals surface area contributed by atoms with Crippen molar-refractivity contribution in [1.82, 2.24) is 14.5 Å². The average molecular weight is 428 g/mol. The molecular weight excluding hydrogens is 399 g/mol. The number of hydrogen-bond acceptors (Lipinski definition) is 4. The lowest BCUT2D eigenvalue weighted by Gasteiger charge is -2.36. The summed E-state index contributed by atoms with van der Waals surface area (Å²) in [5.74, 6) is 0.565. The molecule has 29 heavy (non-hydrogen) atoms. The van der Waals surface area contributed by atoms with Crippen LogP contribution in [0.2, 0.25) is 18.1 Å². The molecule has 0 N–H and O–H groups in total. The van der Waals surface area contributed by atoms with Crippen molar-refractivity contribution in [3.63, 3.8) is 0 Å². The topological polar surface area (TPSA) is 49.2 Å². The largest absolute Gasteiger partial charge is 0.481 e. The maximum absolute atomic E-state index is 13.2. The van der Waals surface area contributed by atoms with E-state index in [2.05, 4.69) is 43.8 Å². The van der Waals surface area contributed by atoms with Crippen LogP contribution in [-0.4, -0.2) is 30.0 Å². The van der Waals surface area contributed by atoms with Crippen molar-refractivity contribution >= 4 is 8.32 Å². The molecule has 0 radical (unpaired) electrons. The normalized spacial score (nSPS) is 15.6. The van der Waals surface area contributed by atoms with Gasteiger partial charge in [0, 0.05) is 17.8 Å². The van der Waals surface area contributed by atoms with Gasteiger partial charge in [-0.3, -0.25) is 0 Å². The highest BCUT2D eigenvalue weighted by atomic mass is 28.4. The summed E-state index contributed by atoms with van der Waals surface area (Å²) in [6.07, 6.45) is -1.72. The van der Waals surface area contributed by atoms with Crippen molar-refractivity contribution in [2.75, 3.05) is 7.11 Å². The maximum atomic E-state index is 13.2. The van der Waals surface area contributed by atoms with Gasteiger partial charge in [-0.2, -0.15) is 13.2 Å². The fourth-order valence-corrected chi connectivity index (χ4v) is 3.66. The highest BCUT2D eigenvalue weighted by Gasteiger charge is 2.38. The third-order valence-electron chi connectivity index (χ3n) is 5.72. The second-order valence-corrected chi connectivity index (χ2v) is 13.8. The van der Waals surface area contributed by atoms with Gasteiger partial charge in [0.05, 0.1) is 13.7 Å². The molecule has 0 unspecified atom stereocenters. The number of pyridine rings is 1. The molecule has 9 heteroatoms. The molecule has 0 bridgehead atoms. The predicted molar refractivity (Wildman–Crippen MR) is 107 cm³/mol. The van der Waals surface area contributed by atoms with Gasteiger partial charge in [0.2, 0.25) is 5.88 Å². The van der Waals surface area contributed by atoms with Crippen LogP contribution < -0.4 is 4.74 Å². The Morgan fingerprint density at radius 2 is 1.79 bits per heavy atom. The summed E-state index contributed by atoms with van der Waals surface area (Å²) in [4.78, 5) is 8.28. The minimum atomic E-state index is -4.49. The van der Waals surface area contributed by atoms with Crippen LogP contribution in [0.25, 0.3) is 11.5 Å². The molecule has 5 nitrogen and oxygen atoms in total. The smallest absolute Gasteiger partial charge is 0.434 e. The van der Waals surface area contributed by atoms with Gasteiger partial charge in [0.1, 0.15) is 5.69 Å². The molecule has 1 aliphatic carbocycles. The van der Waals surface area contributed by atoms with E-state index in [1.165, 1.54) is 7.11 Å². The Hall–Kier alpha value is -1.87. The zero-order valence-corrected chi connectivity index (χ0v) is 18.7. The van der Waals surface area contributed by atoms with Crippen molar-refractivity contribution in [2.45, 2.75) is 70.6 Å². The van der Waals surface area contributed by atoms with E-state index in [-0.39, 0.29) is 16.9 Å². The summed E-state index contributed by atoms with van der Waals surface area (Å²) in [6, 6.07) is 3.53. The molecule has 0 saturated heterocycles. The Morgan fingerprint density at radius 1 is 1.14 bits per heavy atom. The van der Waals surface area contributed by atoms with Gasteiger partial charge in [-0.05, 0) is 43.1 Å². The first-order valence-electron chi connectivity index (χ1n) is 9.68. The Kier molecular flexibility index (Phi) is 5.59. The number of hydrogen-bond donors (Lipinski definition) is 0. The quantitative estimate of drug-likeness (QED) is 0.544. The molecular formula is C20H28F3N3O2Si. The molecule has 1 fully saturated rings. The van der Waals surface area contributed by atoms with Gasteiger partial charge in [0.15, 0.2) is 19.8 Å². The minimum absolute atomic E-state index is 0.0444. The van der Waals surface area contributed by atoms with Gasteiger partial charge >= 0.3 is 6.18 Å². The molecule has 1 saturated carbocycles. The van der Waals surface area contributed by atoms with Crippen LogP contribution in [0.5, 0.6) is 5.88 Å². The number of rotatable bonds is 6. The summed E-state index contributed by atoms with van der Waals surface area (Å²) < 4.78 is 52.7. The molecule has 2 aromatic heterocycles. The van der Waals surface area contributed by atoms with Gasteiger partial charge in [-0.25, -0.2) is 9.97 Å². The third-order valence-corrected chi connectivity index (χ3v) is 10.2. The zero-order chi connectivity index (χ0) is 21.6. The third kappa shape index (κ3) is 4.66. The number of aromatic nitrogens is 3. The number of imidazole rings is 1. The van der Waals surface area contributed by atoms with Crippen molar-refractivity contribution in [3.05, 3.63) is 29.6 Å². The second-order valence-electron chi connectivity index (χ2n) is 9.00. The van der Waals surface area contributed by atoms with E-state index < -0.39 is 20.2 Å². The van der Waals surface area contributed by atoms with Crippen LogP contribution in [0.4, 0.5) is 13.2 Å². The predicted octanol–water partition coefficient (Wildman–Crippen LogP) is 5.83. The summed E-state index contributed by atoms with van der Waals surface area (Å²) in [5.41, 5.74) is 0.229. The summed E-state index contributed by atoms with van der Waals surface area (Å²) in [6.45, 7) is 11.1. The van der Waals surface area contributed by atoms with Gasteiger partial charge in [-0.15, -0.1) is 0 Å². The average Bonchev–Trinajstić information content (AvgIpc) is 3.35. The fourth-order valence-electron chi connectivity index (χ4n) is 2.71. The van der Waals surface area contributed by atoms with Crippen molar-refractivity contribution < 1.29 is 22.3 Å². The van der Waals surface area contributed by atoms with E-state index in [0.717, 1.165) is 24.6 Å². The van der Waals surface area contributed by atoms with Crippen LogP contribution in [0.15, 0.2) is 18.3 Å². The van der Waals surface area contributed by atoms with Crippen LogP contribution in [0.3, 0.4) is 0 Å². The number of methoxy groups -OCH3 is 1. The number of halogens is 3. The molecule has 0 atom stereocenters. The molecule has 0 aromatic carbocycles. The van der Waals surface area contributed by atoms with Gasteiger partial charge < -0.3 is 13.7 Å². The number of alkyl halides is 3. The Morgan fingerprint density at radius 3 is 2.31 bits per heavy atom. The van der Waals surface area contributed by atoms with E-state index >= 15 is 0 Å². The molecule has 2 heterocycles. The van der Waals surface area contributed by atoms with E-state index in [9.17, 15) is 13.2 Å². The fraction of sp³-hybridized carbons (Fsp3) is 0.600. The maximum Gasteiger partial charge on any atom is 0.434 e. The highest BCUT2D eigenvalue weighted by Crippen LogP contribution is 2.41. The van der Waals surface area contributed by atoms with Crippen molar-refractivity contribution in [2.24, 2.45) is 0 Å². The van der Waals surface area contributed by atoms with Gasteiger partial charge in [0.25, 0.3) is 0 Å². The van der Waals surface area contributed by atoms with Gasteiger partial charge in [-0.1, -0.05) is 20.8 Å². The standard InChI is InChI=1S/C20H28F3N3O2Si/c1-19(2,3)29(5,6)28-12-13-7-10-15(24-18(13)27-4)17-25-16(20(21,22)23)11-26(17)14-8-9-14/h7,10-11,14H,8-9,12H2,1-6H3. The van der Waals surface area contributed by atoms with E-state index in [1.807, 2.05) is 0 Å². The lowest BCUT2D eigenvalue weighted by molar-refractivity contribution is -0.140. The van der Waals surface area contributed by atoms with E-state index in [4.69, 9.17) is 9.16 Å². The molecule has 0 amide bonds. The highest BCUT2D eigenvalue weighted by molar-refractivity contribution is 6.74. The molecule has 1 aliphatic rings. The zero-order valence-electron chi connectivity index (χ0n) is 17.7. The number of nitrogens with zero attached hydrogens (tertiary/aromatic N) is 3. The SMILES string of the molecule is COc1nc(-c2nc(C(F)(F)F)cn2C2CC2)ccc1CO[Si](C)(C)C(C)(C)C. The lowest BCUT2D eigenvalue weighted by Crippen LogP contribution is -2.40. The first-order valence-corrected chi connectivity index (χ1v) is 12.6. The monoisotopic (exact) mass is 427 g/mol. The van der Waals surface area contributed by atoms with Crippen molar-refractivity contribution in [3.8, 4) is 17.4 Å². The molecule has 3 rings (SSSR count). The van der Waals surface area contributed by atoms with Crippen LogP contribution in [0.1, 0.15) is 50.9 Å². The summed E-state index contributed by atoms with van der Waals surface area (Å²) in [7, 11) is -0.462.